The van der Waals surface area contributed by atoms with Gasteiger partial charge in [0.25, 0.3) is 0 Å². The Kier molecular flexibility index (Phi) is 4.71. The van der Waals surface area contributed by atoms with Crippen LogP contribution in [0.3, 0.4) is 0 Å². The van der Waals surface area contributed by atoms with Crippen molar-refractivity contribution in [2.45, 2.75) is 58.9 Å². The molecule has 1 aromatic rings. The third kappa shape index (κ3) is 3.80. The zero-order valence-corrected chi connectivity index (χ0v) is 14.9. The Bertz CT molecular complexity index is 521. The van der Waals surface area contributed by atoms with E-state index in [4.69, 9.17) is 9.98 Å². The van der Waals surface area contributed by atoms with Crippen molar-refractivity contribution in [2.24, 2.45) is 10.4 Å². The highest BCUT2D eigenvalue weighted by Gasteiger charge is 2.37. The van der Waals surface area contributed by atoms with E-state index in [1.165, 1.54) is 54.1 Å². The summed E-state index contributed by atoms with van der Waals surface area (Å²) in [6, 6.07) is 0. The van der Waals surface area contributed by atoms with Crippen LogP contribution in [0, 0.1) is 5.41 Å². The maximum absolute atomic E-state index is 4.85. The largest absolute Gasteiger partial charge is 0.357 e. The molecular weight excluding hydrogens is 292 g/mol. The molecule has 122 valence electrons. The van der Waals surface area contributed by atoms with Crippen LogP contribution < -0.4 is 5.32 Å². The van der Waals surface area contributed by atoms with Crippen molar-refractivity contribution in [2.75, 3.05) is 20.1 Å². The number of thiazole rings is 1. The molecule has 4 nitrogen and oxygen atoms in total. The molecule has 0 atom stereocenters. The van der Waals surface area contributed by atoms with Gasteiger partial charge in [0.05, 0.1) is 12.2 Å². The standard InChI is InChI=1S/C17H28N4S/c1-4-18-16(19-12-17(2)9-10-17)21(3)11-15-20-13-7-5-6-8-14(13)22-15/h4-12H2,1-3H3,(H,18,19). The molecule has 0 aromatic carbocycles. The summed E-state index contributed by atoms with van der Waals surface area (Å²) in [6.07, 6.45) is 7.66. The number of nitrogens with one attached hydrogen (secondary N) is 1. The lowest BCUT2D eigenvalue weighted by atomic mass is 10.0. The normalized spacial score (nSPS) is 19.7. The second-order valence-corrected chi connectivity index (χ2v) is 8.19. The third-order valence-electron chi connectivity index (χ3n) is 4.67. The summed E-state index contributed by atoms with van der Waals surface area (Å²) in [5.41, 5.74) is 1.81. The highest BCUT2D eigenvalue weighted by molar-refractivity contribution is 7.11. The summed E-state index contributed by atoms with van der Waals surface area (Å²) in [6.45, 7) is 7.17. The highest BCUT2D eigenvalue weighted by Crippen LogP contribution is 2.45. The van der Waals surface area contributed by atoms with Crippen molar-refractivity contribution in [3.63, 3.8) is 0 Å². The molecule has 1 heterocycles. The van der Waals surface area contributed by atoms with Gasteiger partial charge < -0.3 is 10.2 Å². The summed E-state index contributed by atoms with van der Waals surface area (Å²) in [4.78, 5) is 13.4. The van der Waals surface area contributed by atoms with Crippen LogP contribution in [0.4, 0.5) is 0 Å². The number of aliphatic imine (C=N–C) groups is 1. The number of hydrogen-bond acceptors (Lipinski definition) is 3. The van der Waals surface area contributed by atoms with E-state index in [9.17, 15) is 0 Å². The predicted molar refractivity (Wildman–Crippen MR) is 93.5 cm³/mol. The second kappa shape index (κ2) is 6.57. The van der Waals surface area contributed by atoms with Gasteiger partial charge in [-0.1, -0.05) is 6.92 Å². The van der Waals surface area contributed by atoms with Crippen molar-refractivity contribution in [3.05, 3.63) is 15.6 Å². The zero-order valence-electron chi connectivity index (χ0n) is 14.1. The second-order valence-electron chi connectivity index (χ2n) is 7.02. The van der Waals surface area contributed by atoms with Gasteiger partial charge in [-0.05, 0) is 50.9 Å². The summed E-state index contributed by atoms with van der Waals surface area (Å²) >= 11 is 1.90. The van der Waals surface area contributed by atoms with Crippen molar-refractivity contribution in [1.82, 2.24) is 15.2 Å². The van der Waals surface area contributed by atoms with E-state index in [-0.39, 0.29) is 0 Å². The van der Waals surface area contributed by atoms with Crippen LogP contribution in [-0.2, 0) is 19.4 Å². The number of guanidine groups is 1. The molecular formula is C17H28N4S. The van der Waals surface area contributed by atoms with E-state index in [1.54, 1.807) is 0 Å². The van der Waals surface area contributed by atoms with Crippen LogP contribution >= 0.6 is 11.3 Å². The fraction of sp³-hybridized carbons (Fsp3) is 0.765. The van der Waals surface area contributed by atoms with Crippen LogP contribution in [0.5, 0.6) is 0 Å². The van der Waals surface area contributed by atoms with Crippen LogP contribution in [0.25, 0.3) is 0 Å². The summed E-state index contributed by atoms with van der Waals surface area (Å²) in [5, 5.41) is 4.65. The number of aromatic nitrogens is 1. The van der Waals surface area contributed by atoms with Crippen LogP contribution in [0.2, 0.25) is 0 Å². The molecule has 1 saturated carbocycles. The number of aryl methyl sites for hydroxylation is 2. The lowest BCUT2D eigenvalue weighted by Crippen LogP contribution is -2.38. The molecule has 0 spiro atoms. The molecule has 1 fully saturated rings. The van der Waals surface area contributed by atoms with Crippen LogP contribution in [0.15, 0.2) is 4.99 Å². The number of nitrogens with zero attached hydrogens (tertiary/aromatic N) is 3. The van der Waals surface area contributed by atoms with E-state index in [0.717, 1.165) is 25.6 Å². The van der Waals surface area contributed by atoms with Gasteiger partial charge in [0.2, 0.25) is 0 Å². The number of hydrogen-bond donors (Lipinski definition) is 1. The third-order valence-corrected chi connectivity index (χ3v) is 5.82. The molecule has 0 unspecified atom stereocenters. The average molecular weight is 321 g/mol. The molecule has 1 aromatic heterocycles. The summed E-state index contributed by atoms with van der Waals surface area (Å²) < 4.78 is 0. The molecule has 22 heavy (non-hydrogen) atoms. The van der Waals surface area contributed by atoms with Crippen molar-refractivity contribution < 1.29 is 0 Å². The van der Waals surface area contributed by atoms with E-state index in [1.807, 2.05) is 11.3 Å². The molecule has 5 heteroatoms. The summed E-state index contributed by atoms with van der Waals surface area (Å²) in [5.74, 6) is 1.02. The molecule has 0 amide bonds. The lowest BCUT2D eigenvalue weighted by molar-refractivity contribution is 0.468. The first-order valence-electron chi connectivity index (χ1n) is 8.56. The molecule has 0 saturated heterocycles. The molecule has 1 N–H and O–H groups in total. The SMILES string of the molecule is CCNC(=NCC1(C)CC1)N(C)Cc1nc2c(s1)CCCC2. The number of fused-ring (bicyclic) bond motifs is 1. The Morgan fingerprint density at radius 1 is 1.36 bits per heavy atom. The van der Waals surface area contributed by atoms with Gasteiger partial charge in [0.15, 0.2) is 5.96 Å². The molecule has 2 aliphatic carbocycles. The highest BCUT2D eigenvalue weighted by atomic mass is 32.1. The molecule has 0 bridgehead atoms. The van der Waals surface area contributed by atoms with Gasteiger partial charge in [-0.25, -0.2) is 4.98 Å². The van der Waals surface area contributed by atoms with E-state index in [0.29, 0.717) is 5.41 Å². The fourth-order valence-corrected chi connectivity index (χ4v) is 4.07. The van der Waals surface area contributed by atoms with Crippen molar-refractivity contribution >= 4 is 17.3 Å². The van der Waals surface area contributed by atoms with Crippen LogP contribution in [-0.4, -0.2) is 36.0 Å². The predicted octanol–water partition coefficient (Wildman–Crippen LogP) is 3.22. The van der Waals surface area contributed by atoms with Crippen molar-refractivity contribution in [3.8, 4) is 0 Å². The topological polar surface area (TPSA) is 40.5 Å². The monoisotopic (exact) mass is 320 g/mol. The van der Waals surface area contributed by atoms with Crippen LogP contribution in [0.1, 0.15) is 55.1 Å². The van der Waals surface area contributed by atoms with Gasteiger partial charge in [0.1, 0.15) is 5.01 Å². The maximum Gasteiger partial charge on any atom is 0.194 e. The van der Waals surface area contributed by atoms with E-state index < -0.39 is 0 Å². The average Bonchev–Trinajstić information content (AvgIpc) is 3.09. The van der Waals surface area contributed by atoms with E-state index >= 15 is 0 Å². The van der Waals surface area contributed by atoms with Gasteiger partial charge >= 0.3 is 0 Å². The number of rotatable bonds is 5. The van der Waals surface area contributed by atoms with Crippen molar-refractivity contribution in [1.29, 1.82) is 0 Å². The minimum atomic E-state index is 0.460. The first kappa shape index (κ1) is 15.8. The Labute approximate surface area is 138 Å². The summed E-state index contributed by atoms with van der Waals surface area (Å²) in [7, 11) is 2.12. The zero-order chi connectivity index (χ0) is 15.6. The minimum absolute atomic E-state index is 0.460. The Morgan fingerprint density at radius 3 is 2.82 bits per heavy atom. The smallest absolute Gasteiger partial charge is 0.194 e. The Hall–Kier alpha value is -1.10. The van der Waals surface area contributed by atoms with Gasteiger partial charge in [-0.15, -0.1) is 11.3 Å². The minimum Gasteiger partial charge on any atom is -0.357 e. The van der Waals surface area contributed by atoms with Gasteiger partial charge in [0, 0.05) is 25.0 Å². The molecule has 2 aliphatic rings. The fourth-order valence-electron chi connectivity index (χ4n) is 2.86. The quantitative estimate of drug-likeness (QED) is 0.669. The lowest BCUT2D eigenvalue weighted by Gasteiger charge is -2.21. The van der Waals surface area contributed by atoms with Gasteiger partial charge in [-0.2, -0.15) is 0 Å². The maximum atomic E-state index is 4.85. The molecule has 0 radical (unpaired) electrons. The Balaban J connectivity index is 1.64. The first-order chi connectivity index (χ1) is 10.6. The molecule has 0 aliphatic heterocycles. The Morgan fingerprint density at radius 2 is 2.14 bits per heavy atom. The van der Waals surface area contributed by atoms with E-state index in [2.05, 4.69) is 31.1 Å². The van der Waals surface area contributed by atoms with Gasteiger partial charge in [-0.3, -0.25) is 4.99 Å². The first-order valence-corrected chi connectivity index (χ1v) is 9.38. The molecule has 3 rings (SSSR count).